The van der Waals surface area contributed by atoms with E-state index in [1.807, 2.05) is 0 Å². The Morgan fingerprint density at radius 2 is 2.22 bits per heavy atom. The summed E-state index contributed by atoms with van der Waals surface area (Å²) >= 11 is -0.239. The van der Waals surface area contributed by atoms with Crippen LogP contribution < -0.4 is 0 Å². The first-order valence-electron chi connectivity index (χ1n) is 3.99. The maximum absolute atomic E-state index is 2.58. The first kappa shape index (κ1) is 5.39. The van der Waals surface area contributed by atoms with Crippen molar-refractivity contribution >= 4 is 19.8 Å². The minimum absolute atomic E-state index is 0.239. The van der Waals surface area contributed by atoms with Crippen molar-refractivity contribution in [2.45, 2.75) is 43.9 Å². The molecule has 9 heavy (non-hydrogen) atoms. The number of alkyl halides is 3. The molecule has 3 fully saturated rings. The topological polar surface area (TPSA) is 0 Å². The predicted molar refractivity (Wildman–Crippen MR) is 48.5 cm³/mol. The molecule has 0 spiro atoms. The van der Waals surface area contributed by atoms with Gasteiger partial charge in [-0.1, -0.05) is 0 Å². The van der Waals surface area contributed by atoms with Gasteiger partial charge in [0.05, 0.1) is 0 Å². The standard InChI is InChI=1S/C8H13I/c1-8-5-4-6-2-3-7(8)9(6)8/h6-7H,2-5H2,1H3. The molecule has 0 aromatic heterocycles. The number of hydrogen-bond acceptors (Lipinski definition) is 0. The number of hydrogen-bond donors (Lipinski definition) is 0. The number of fused-ring (bicyclic) bond motifs is 1. The summed E-state index contributed by atoms with van der Waals surface area (Å²) in [6, 6.07) is 0. The van der Waals surface area contributed by atoms with Gasteiger partial charge in [-0.2, -0.15) is 0 Å². The Morgan fingerprint density at radius 1 is 1.33 bits per heavy atom. The van der Waals surface area contributed by atoms with Crippen LogP contribution in [0, 0.1) is 0 Å². The van der Waals surface area contributed by atoms with E-state index < -0.39 is 0 Å². The van der Waals surface area contributed by atoms with Crippen molar-refractivity contribution in [2.24, 2.45) is 0 Å². The van der Waals surface area contributed by atoms with E-state index >= 15 is 0 Å². The molecule has 3 unspecified atom stereocenters. The second kappa shape index (κ2) is 1.34. The third-order valence-corrected chi connectivity index (χ3v) is 13.6. The van der Waals surface area contributed by atoms with Crippen LogP contribution >= 0.6 is 19.8 Å². The van der Waals surface area contributed by atoms with E-state index in [0.29, 0.717) is 0 Å². The molecule has 3 aliphatic heterocycles. The Morgan fingerprint density at radius 3 is 2.78 bits per heavy atom. The molecule has 0 aromatic rings. The summed E-state index contributed by atoms with van der Waals surface area (Å²) in [7, 11) is 0. The first-order chi connectivity index (χ1) is 4.32. The molecule has 3 rings (SSSR count). The third kappa shape index (κ3) is 0.447. The summed E-state index contributed by atoms with van der Waals surface area (Å²) in [4.78, 5) is 0. The summed E-state index contributed by atoms with van der Waals surface area (Å²) in [5, 5.41) is 0. The van der Waals surface area contributed by atoms with Crippen molar-refractivity contribution in [1.82, 2.24) is 0 Å². The fraction of sp³-hybridized carbons (Fsp3) is 1.00. The predicted octanol–water partition coefficient (Wildman–Crippen LogP) is 2.59. The molecule has 1 heteroatoms. The molecule has 0 saturated carbocycles. The first-order valence-corrected chi connectivity index (χ1v) is 7.56. The summed E-state index contributed by atoms with van der Waals surface area (Å²) in [6.45, 7) is 2.58. The molecule has 3 aliphatic rings. The Labute approximate surface area is 63.8 Å². The van der Waals surface area contributed by atoms with Gasteiger partial charge < -0.3 is 0 Å². The van der Waals surface area contributed by atoms with Crippen LogP contribution in [-0.2, 0) is 0 Å². The molecular weight excluding hydrogens is 223 g/mol. The monoisotopic (exact) mass is 236 g/mol. The zero-order valence-electron chi connectivity index (χ0n) is 5.86. The van der Waals surface area contributed by atoms with Gasteiger partial charge >= 0.3 is 63.7 Å². The van der Waals surface area contributed by atoms with Crippen LogP contribution in [-0.4, -0.2) is 11.3 Å². The fourth-order valence-electron chi connectivity index (χ4n) is 2.84. The zero-order chi connectivity index (χ0) is 6.06. The van der Waals surface area contributed by atoms with Crippen LogP contribution in [0.1, 0.15) is 32.6 Å². The van der Waals surface area contributed by atoms with Crippen LogP contribution in [0.4, 0.5) is 0 Å². The fourth-order valence-corrected chi connectivity index (χ4v) is 14.1. The van der Waals surface area contributed by atoms with Gasteiger partial charge in [-0.25, -0.2) is 0 Å². The minimum atomic E-state index is -0.239. The van der Waals surface area contributed by atoms with E-state index in [1.165, 1.54) is 7.85 Å². The van der Waals surface area contributed by atoms with Gasteiger partial charge in [-0.15, -0.1) is 0 Å². The third-order valence-electron chi connectivity index (χ3n) is 3.40. The maximum atomic E-state index is 2.58. The van der Waals surface area contributed by atoms with E-state index in [9.17, 15) is 0 Å². The number of halogens is 1. The van der Waals surface area contributed by atoms with Crippen molar-refractivity contribution in [1.29, 1.82) is 0 Å². The molecule has 0 amide bonds. The van der Waals surface area contributed by atoms with Crippen LogP contribution in [0.3, 0.4) is 0 Å². The SMILES string of the molecule is CC12CCC3CCC1I32. The molecule has 0 radical (unpaired) electrons. The van der Waals surface area contributed by atoms with Gasteiger partial charge in [0.2, 0.25) is 0 Å². The van der Waals surface area contributed by atoms with Gasteiger partial charge in [0.1, 0.15) is 0 Å². The summed E-state index contributed by atoms with van der Waals surface area (Å²) in [5.41, 5.74) is 0. The molecular formula is C8H13I. The van der Waals surface area contributed by atoms with Gasteiger partial charge in [0.15, 0.2) is 0 Å². The van der Waals surface area contributed by atoms with Crippen molar-refractivity contribution in [3.05, 3.63) is 0 Å². The van der Waals surface area contributed by atoms with Gasteiger partial charge in [-0.3, -0.25) is 0 Å². The zero-order valence-corrected chi connectivity index (χ0v) is 8.02. The average molecular weight is 236 g/mol. The normalized spacial score (nSPS) is 64.3. The molecule has 52 valence electrons. The Hall–Kier alpha value is 0.730. The van der Waals surface area contributed by atoms with Crippen LogP contribution in [0.25, 0.3) is 0 Å². The van der Waals surface area contributed by atoms with E-state index in [2.05, 4.69) is 6.92 Å². The van der Waals surface area contributed by atoms with E-state index in [-0.39, 0.29) is 19.8 Å². The second-order valence-corrected chi connectivity index (χ2v) is 11.5. The van der Waals surface area contributed by atoms with E-state index in [0.717, 1.165) is 3.42 Å². The summed E-state index contributed by atoms with van der Waals surface area (Å²) in [5.74, 6) is 0. The molecule has 0 bridgehead atoms. The van der Waals surface area contributed by atoms with Gasteiger partial charge in [0.25, 0.3) is 0 Å². The van der Waals surface area contributed by atoms with Crippen molar-refractivity contribution < 1.29 is 0 Å². The quantitative estimate of drug-likeness (QED) is 0.448. The van der Waals surface area contributed by atoms with E-state index in [1.54, 1.807) is 25.7 Å². The van der Waals surface area contributed by atoms with Gasteiger partial charge in [0, 0.05) is 0 Å². The molecule has 0 nitrogen and oxygen atoms in total. The van der Waals surface area contributed by atoms with Crippen molar-refractivity contribution in [3.63, 3.8) is 0 Å². The summed E-state index contributed by atoms with van der Waals surface area (Å²) in [6.07, 6.45) is 6.56. The molecule has 0 aromatic carbocycles. The van der Waals surface area contributed by atoms with Gasteiger partial charge in [-0.05, 0) is 0 Å². The molecule has 3 heterocycles. The molecule has 3 saturated heterocycles. The van der Waals surface area contributed by atoms with Crippen molar-refractivity contribution in [2.75, 3.05) is 0 Å². The average Bonchev–Trinajstić information content (AvgIpc) is 2.27. The molecule has 0 N–H and O–H groups in total. The summed E-state index contributed by atoms with van der Waals surface area (Å²) < 4.78 is 3.72. The molecule has 3 atom stereocenters. The Kier molecular flexibility index (Phi) is 0.802. The Balaban J connectivity index is 2.04. The van der Waals surface area contributed by atoms with Crippen LogP contribution in [0.2, 0.25) is 0 Å². The number of rotatable bonds is 0. The second-order valence-electron chi connectivity index (χ2n) is 3.80. The van der Waals surface area contributed by atoms with Crippen LogP contribution in [0.5, 0.6) is 0 Å². The van der Waals surface area contributed by atoms with E-state index in [4.69, 9.17) is 0 Å². The van der Waals surface area contributed by atoms with Crippen molar-refractivity contribution in [3.8, 4) is 0 Å². The van der Waals surface area contributed by atoms with Crippen LogP contribution in [0.15, 0.2) is 0 Å². The Bertz CT molecular complexity index is 162. The molecule has 0 aliphatic carbocycles.